The van der Waals surface area contributed by atoms with E-state index in [9.17, 15) is 0 Å². The Morgan fingerprint density at radius 1 is 1.36 bits per heavy atom. The second-order valence-electron chi connectivity index (χ2n) is 2.97. The average molecular weight is 190 g/mol. The Balaban J connectivity index is 2.15. The topological polar surface area (TPSA) is 77.8 Å². The molecule has 0 aliphatic carbocycles. The molecular formula is C9H10N4O. The predicted octanol–water partition coefficient (Wildman–Crippen LogP) is 0.946. The number of aryl methyl sites for hydroxylation is 1. The molecule has 0 aromatic carbocycles. The van der Waals surface area contributed by atoms with Gasteiger partial charge in [-0.3, -0.25) is 4.98 Å². The largest absolute Gasteiger partial charge is 0.425 e. The van der Waals surface area contributed by atoms with Gasteiger partial charge in [0.15, 0.2) is 0 Å². The van der Waals surface area contributed by atoms with Gasteiger partial charge in [0.1, 0.15) is 0 Å². The molecule has 0 fully saturated rings. The molecule has 0 aliphatic heterocycles. The summed E-state index contributed by atoms with van der Waals surface area (Å²) in [6.07, 6.45) is 2.15. The minimum absolute atomic E-state index is 0.543. The van der Waals surface area contributed by atoms with Crippen LogP contribution in [0.2, 0.25) is 0 Å². The fraction of sp³-hybridized carbons (Fsp3) is 0.222. The molecule has 0 amide bonds. The number of nitrogens with zero attached hydrogens (tertiary/aromatic N) is 3. The van der Waals surface area contributed by atoms with Crippen molar-refractivity contribution in [2.45, 2.75) is 13.3 Å². The van der Waals surface area contributed by atoms with Crippen molar-refractivity contribution in [2.75, 3.05) is 5.73 Å². The Morgan fingerprint density at radius 3 is 2.79 bits per heavy atom. The van der Waals surface area contributed by atoms with Crippen molar-refractivity contribution in [1.82, 2.24) is 15.2 Å². The van der Waals surface area contributed by atoms with E-state index in [0.717, 1.165) is 5.69 Å². The van der Waals surface area contributed by atoms with Crippen LogP contribution in [0.5, 0.6) is 0 Å². The molecule has 0 bridgehead atoms. The molecule has 2 aromatic rings. The second kappa shape index (κ2) is 3.45. The van der Waals surface area contributed by atoms with E-state index in [-0.39, 0.29) is 0 Å². The van der Waals surface area contributed by atoms with Gasteiger partial charge in [-0.05, 0) is 12.1 Å². The number of pyridine rings is 1. The van der Waals surface area contributed by atoms with Crippen LogP contribution in [0.3, 0.4) is 0 Å². The molecule has 72 valence electrons. The lowest BCUT2D eigenvalue weighted by Gasteiger charge is -1.96. The van der Waals surface area contributed by atoms with Crippen molar-refractivity contribution in [3.05, 3.63) is 35.8 Å². The van der Waals surface area contributed by atoms with Crippen LogP contribution in [0.4, 0.5) is 5.69 Å². The van der Waals surface area contributed by atoms with Gasteiger partial charge in [-0.2, -0.15) is 0 Å². The van der Waals surface area contributed by atoms with Crippen molar-refractivity contribution in [3.63, 3.8) is 0 Å². The highest BCUT2D eigenvalue weighted by molar-refractivity contribution is 5.34. The highest BCUT2D eigenvalue weighted by Crippen LogP contribution is 2.07. The fourth-order valence-electron chi connectivity index (χ4n) is 1.10. The Morgan fingerprint density at radius 2 is 2.21 bits per heavy atom. The summed E-state index contributed by atoms with van der Waals surface area (Å²) in [4.78, 5) is 4.13. The molecule has 2 N–H and O–H groups in total. The number of nitrogens with two attached hydrogens (primary N) is 1. The quantitative estimate of drug-likeness (QED) is 0.762. The highest BCUT2D eigenvalue weighted by atomic mass is 16.4. The van der Waals surface area contributed by atoms with E-state index >= 15 is 0 Å². The van der Waals surface area contributed by atoms with Crippen molar-refractivity contribution in [2.24, 2.45) is 0 Å². The van der Waals surface area contributed by atoms with E-state index in [1.807, 2.05) is 6.07 Å². The molecular weight excluding hydrogens is 180 g/mol. The van der Waals surface area contributed by atoms with Gasteiger partial charge in [-0.25, -0.2) is 0 Å². The zero-order chi connectivity index (χ0) is 9.97. The maximum atomic E-state index is 5.51. The summed E-state index contributed by atoms with van der Waals surface area (Å²) in [5, 5.41) is 7.61. The third-order valence-electron chi connectivity index (χ3n) is 1.75. The molecule has 14 heavy (non-hydrogen) atoms. The van der Waals surface area contributed by atoms with E-state index in [4.69, 9.17) is 10.2 Å². The molecule has 0 saturated heterocycles. The van der Waals surface area contributed by atoms with Crippen LogP contribution in [0.25, 0.3) is 0 Å². The molecule has 2 heterocycles. The lowest BCUT2D eigenvalue weighted by molar-refractivity contribution is 0.476. The second-order valence-corrected chi connectivity index (χ2v) is 2.97. The first-order valence-electron chi connectivity index (χ1n) is 4.23. The predicted molar refractivity (Wildman–Crippen MR) is 50.5 cm³/mol. The minimum Gasteiger partial charge on any atom is -0.425 e. The van der Waals surface area contributed by atoms with Gasteiger partial charge in [-0.15, -0.1) is 10.2 Å². The van der Waals surface area contributed by atoms with Crippen LogP contribution >= 0.6 is 0 Å². The summed E-state index contributed by atoms with van der Waals surface area (Å²) >= 11 is 0. The highest BCUT2D eigenvalue weighted by Gasteiger charge is 2.04. The summed E-state index contributed by atoms with van der Waals surface area (Å²) in [6, 6.07) is 3.64. The van der Waals surface area contributed by atoms with Crippen LogP contribution in [0.15, 0.2) is 22.7 Å². The zero-order valence-electron chi connectivity index (χ0n) is 7.77. The summed E-state index contributed by atoms with van der Waals surface area (Å²) in [5.74, 6) is 1.13. The Kier molecular flexibility index (Phi) is 2.14. The van der Waals surface area contributed by atoms with Crippen molar-refractivity contribution in [1.29, 1.82) is 0 Å². The van der Waals surface area contributed by atoms with Gasteiger partial charge in [0, 0.05) is 12.6 Å². The monoisotopic (exact) mass is 190 g/mol. The van der Waals surface area contributed by atoms with Crippen LogP contribution in [-0.4, -0.2) is 15.2 Å². The van der Waals surface area contributed by atoms with Gasteiger partial charge in [-0.1, -0.05) is 0 Å². The molecule has 5 heteroatoms. The first-order chi connectivity index (χ1) is 6.74. The first kappa shape index (κ1) is 8.68. The number of aromatic nitrogens is 3. The number of rotatable bonds is 2. The summed E-state index contributed by atoms with van der Waals surface area (Å²) < 4.78 is 5.22. The maximum Gasteiger partial charge on any atom is 0.222 e. The summed E-state index contributed by atoms with van der Waals surface area (Å²) in [7, 11) is 0. The standard InChI is InChI=1S/C9H10N4O/c1-6-12-13-9(14-6)4-8-3-2-7(10)5-11-8/h2-3,5H,4,10H2,1H3. The molecule has 5 nitrogen and oxygen atoms in total. The molecule has 0 unspecified atom stereocenters. The molecule has 0 saturated carbocycles. The molecule has 2 rings (SSSR count). The normalized spacial score (nSPS) is 10.4. The van der Waals surface area contributed by atoms with Gasteiger partial charge in [0.2, 0.25) is 11.8 Å². The zero-order valence-corrected chi connectivity index (χ0v) is 7.77. The van der Waals surface area contributed by atoms with E-state index in [0.29, 0.717) is 23.9 Å². The summed E-state index contributed by atoms with van der Waals surface area (Å²) in [6.45, 7) is 1.76. The van der Waals surface area contributed by atoms with E-state index in [1.165, 1.54) is 0 Å². The first-order valence-corrected chi connectivity index (χ1v) is 4.23. The third-order valence-corrected chi connectivity index (χ3v) is 1.75. The maximum absolute atomic E-state index is 5.51. The van der Waals surface area contributed by atoms with Gasteiger partial charge in [0.25, 0.3) is 0 Å². The average Bonchev–Trinajstić information content (AvgIpc) is 2.56. The van der Waals surface area contributed by atoms with E-state index in [2.05, 4.69) is 15.2 Å². The number of anilines is 1. The Labute approximate surface area is 81.0 Å². The number of hydrogen-bond acceptors (Lipinski definition) is 5. The molecule has 0 radical (unpaired) electrons. The molecule has 0 atom stereocenters. The fourth-order valence-corrected chi connectivity index (χ4v) is 1.10. The lowest BCUT2D eigenvalue weighted by Crippen LogP contribution is -1.94. The molecule has 2 aromatic heterocycles. The van der Waals surface area contributed by atoms with Crippen LogP contribution in [-0.2, 0) is 6.42 Å². The van der Waals surface area contributed by atoms with Crippen molar-refractivity contribution in [3.8, 4) is 0 Å². The Hall–Kier alpha value is -1.91. The minimum atomic E-state index is 0.543. The van der Waals surface area contributed by atoms with Gasteiger partial charge >= 0.3 is 0 Å². The molecule has 0 aliphatic rings. The molecule has 0 spiro atoms. The van der Waals surface area contributed by atoms with Crippen molar-refractivity contribution < 1.29 is 4.42 Å². The smallest absolute Gasteiger partial charge is 0.222 e. The van der Waals surface area contributed by atoms with Crippen LogP contribution in [0.1, 0.15) is 17.5 Å². The summed E-state index contributed by atoms with van der Waals surface area (Å²) in [5.41, 5.74) is 7.02. The van der Waals surface area contributed by atoms with Crippen LogP contribution < -0.4 is 5.73 Å². The Bertz CT molecular complexity index is 421. The van der Waals surface area contributed by atoms with Crippen LogP contribution in [0, 0.1) is 6.92 Å². The van der Waals surface area contributed by atoms with Crippen molar-refractivity contribution >= 4 is 5.69 Å². The van der Waals surface area contributed by atoms with Gasteiger partial charge in [0.05, 0.1) is 18.3 Å². The number of nitrogen functional groups attached to an aromatic ring is 1. The third kappa shape index (κ3) is 1.87. The van der Waals surface area contributed by atoms with Gasteiger partial charge < -0.3 is 10.2 Å². The number of hydrogen-bond donors (Lipinski definition) is 1. The van der Waals surface area contributed by atoms with E-state index in [1.54, 1.807) is 19.2 Å². The van der Waals surface area contributed by atoms with E-state index < -0.39 is 0 Å². The lowest BCUT2D eigenvalue weighted by atomic mass is 10.2. The SMILES string of the molecule is Cc1nnc(Cc2ccc(N)cn2)o1.